The first-order valence-corrected chi connectivity index (χ1v) is 8.59. The number of carbonyl (C=O) groups is 2. The summed E-state index contributed by atoms with van der Waals surface area (Å²) in [5.41, 5.74) is 0.0299. The van der Waals surface area contributed by atoms with Crippen molar-refractivity contribution in [2.45, 2.75) is 45.2 Å². The second-order valence-corrected chi connectivity index (χ2v) is 7.41. The first-order valence-electron chi connectivity index (χ1n) is 8.59. The zero-order valence-corrected chi connectivity index (χ0v) is 15.0. The van der Waals surface area contributed by atoms with Gasteiger partial charge in [0.05, 0.1) is 11.1 Å². The van der Waals surface area contributed by atoms with Gasteiger partial charge in [0, 0.05) is 37.9 Å². The number of hydrogen-bond acceptors (Lipinski definition) is 5. The molecule has 1 aromatic carbocycles. The lowest BCUT2D eigenvalue weighted by Gasteiger charge is -2.44. The SMILES string of the molecule is C#CCCC1(CCC(=O)Nc2ccc(O)c(N3CC(C)(C)C3=O)c2)N=N1. The van der Waals surface area contributed by atoms with Crippen LogP contribution in [0.2, 0.25) is 0 Å². The summed E-state index contributed by atoms with van der Waals surface area (Å²) in [4.78, 5) is 25.9. The van der Waals surface area contributed by atoms with Gasteiger partial charge in [-0.15, -0.1) is 12.3 Å². The maximum atomic E-state index is 12.2. The lowest BCUT2D eigenvalue weighted by molar-refractivity contribution is -0.132. The Balaban J connectivity index is 1.59. The molecule has 2 amide bonds. The molecule has 3 rings (SSSR count). The summed E-state index contributed by atoms with van der Waals surface area (Å²) in [6, 6.07) is 4.69. The Morgan fingerprint density at radius 2 is 2.12 bits per heavy atom. The fourth-order valence-corrected chi connectivity index (χ4v) is 3.03. The molecular weight excluding hydrogens is 332 g/mol. The second-order valence-electron chi connectivity index (χ2n) is 7.41. The molecule has 0 unspecified atom stereocenters. The minimum absolute atomic E-state index is 0.00988. The highest BCUT2D eigenvalue weighted by molar-refractivity contribution is 6.05. The average Bonchev–Trinajstić information content (AvgIpc) is 3.38. The first-order chi connectivity index (χ1) is 12.3. The van der Waals surface area contributed by atoms with Gasteiger partial charge in [-0.2, -0.15) is 10.2 Å². The van der Waals surface area contributed by atoms with Crippen molar-refractivity contribution >= 4 is 23.2 Å². The molecule has 2 N–H and O–H groups in total. The van der Waals surface area contributed by atoms with E-state index in [1.54, 1.807) is 12.1 Å². The minimum atomic E-state index is -0.487. The monoisotopic (exact) mass is 354 g/mol. The van der Waals surface area contributed by atoms with E-state index in [4.69, 9.17) is 6.42 Å². The predicted octanol–water partition coefficient (Wildman–Crippen LogP) is 3.06. The Bertz CT molecular complexity index is 817. The highest BCUT2D eigenvalue weighted by Gasteiger charge is 2.45. The molecule has 1 saturated heterocycles. The van der Waals surface area contributed by atoms with Crippen LogP contribution in [0.1, 0.15) is 39.5 Å². The molecule has 2 aliphatic heterocycles. The summed E-state index contributed by atoms with van der Waals surface area (Å²) in [5.74, 6) is 2.34. The van der Waals surface area contributed by atoms with Crippen molar-refractivity contribution < 1.29 is 14.7 Å². The van der Waals surface area contributed by atoms with E-state index < -0.39 is 11.1 Å². The standard InChI is InChI=1S/C19H22N4O3/c1-4-5-9-19(21-22-19)10-8-16(25)20-13-6-7-15(24)14(11-13)23-12-18(2,3)17(23)26/h1,6-7,11,24H,5,8-10,12H2,2-3H3,(H,20,25). The molecule has 0 aliphatic carbocycles. The number of hydrogen-bond donors (Lipinski definition) is 2. The third-order valence-corrected chi connectivity index (χ3v) is 4.73. The normalized spacial score (nSPS) is 18.8. The molecule has 0 spiro atoms. The van der Waals surface area contributed by atoms with Crippen molar-refractivity contribution in [1.29, 1.82) is 0 Å². The van der Waals surface area contributed by atoms with E-state index >= 15 is 0 Å². The van der Waals surface area contributed by atoms with E-state index in [0.717, 1.165) is 0 Å². The van der Waals surface area contributed by atoms with Gasteiger partial charge in [0.25, 0.3) is 0 Å². The predicted molar refractivity (Wildman–Crippen MR) is 97.8 cm³/mol. The van der Waals surface area contributed by atoms with Crippen LogP contribution in [0.4, 0.5) is 11.4 Å². The Labute approximate surface area is 152 Å². The van der Waals surface area contributed by atoms with Crippen LogP contribution in [0.5, 0.6) is 5.75 Å². The Morgan fingerprint density at radius 3 is 2.69 bits per heavy atom. The summed E-state index contributed by atoms with van der Waals surface area (Å²) in [6.45, 7) is 4.24. The molecule has 0 saturated carbocycles. The lowest BCUT2D eigenvalue weighted by Crippen LogP contribution is -2.58. The zero-order chi connectivity index (χ0) is 18.9. The molecule has 0 aromatic heterocycles. The van der Waals surface area contributed by atoms with Crippen LogP contribution >= 0.6 is 0 Å². The van der Waals surface area contributed by atoms with Crippen molar-refractivity contribution in [2.24, 2.45) is 15.6 Å². The number of terminal acetylenes is 1. The number of phenols is 1. The summed E-state index contributed by atoms with van der Waals surface area (Å²) in [7, 11) is 0. The second kappa shape index (κ2) is 6.45. The van der Waals surface area contributed by atoms with Crippen LogP contribution in [0.15, 0.2) is 28.4 Å². The number of anilines is 2. The number of nitrogens with one attached hydrogen (secondary N) is 1. The van der Waals surface area contributed by atoms with Crippen molar-refractivity contribution in [1.82, 2.24) is 0 Å². The Hall–Kier alpha value is -2.88. The molecule has 26 heavy (non-hydrogen) atoms. The number of benzene rings is 1. The summed E-state index contributed by atoms with van der Waals surface area (Å²) in [6.07, 6.45) is 7.28. The van der Waals surface area contributed by atoms with Gasteiger partial charge in [-0.25, -0.2) is 0 Å². The largest absolute Gasteiger partial charge is 0.506 e. The van der Waals surface area contributed by atoms with E-state index in [-0.39, 0.29) is 24.0 Å². The van der Waals surface area contributed by atoms with Gasteiger partial charge in [0.2, 0.25) is 11.8 Å². The van der Waals surface area contributed by atoms with Crippen molar-refractivity contribution in [3.8, 4) is 18.1 Å². The van der Waals surface area contributed by atoms with E-state index in [9.17, 15) is 14.7 Å². The lowest BCUT2D eigenvalue weighted by atomic mass is 9.82. The number of aromatic hydroxyl groups is 1. The van der Waals surface area contributed by atoms with Crippen LogP contribution in [0, 0.1) is 17.8 Å². The van der Waals surface area contributed by atoms with E-state index in [1.165, 1.54) is 11.0 Å². The maximum absolute atomic E-state index is 12.2. The third kappa shape index (κ3) is 3.54. The summed E-state index contributed by atoms with van der Waals surface area (Å²) >= 11 is 0. The van der Waals surface area contributed by atoms with Gasteiger partial charge in [0.15, 0.2) is 5.66 Å². The van der Waals surface area contributed by atoms with Crippen LogP contribution < -0.4 is 10.2 Å². The van der Waals surface area contributed by atoms with Gasteiger partial charge in [0.1, 0.15) is 5.75 Å². The smallest absolute Gasteiger partial charge is 0.234 e. The molecule has 0 bridgehead atoms. The van der Waals surface area contributed by atoms with Gasteiger partial charge >= 0.3 is 0 Å². The third-order valence-electron chi connectivity index (χ3n) is 4.73. The minimum Gasteiger partial charge on any atom is -0.506 e. The summed E-state index contributed by atoms with van der Waals surface area (Å²) in [5, 5.41) is 20.9. The van der Waals surface area contributed by atoms with Crippen molar-refractivity contribution in [2.75, 3.05) is 16.8 Å². The van der Waals surface area contributed by atoms with Crippen LogP contribution in [-0.2, 0) is 9.59 Å². The van der Waals surface area contributed by atoms with Crippen LogP contribution in [0.3, 0.4) is 0 Å². The fraction of sp³-hybridized carbons (Fsp3) is 0.474. The van der Waals surface area contributed by atoms with Crippen molar-refractivity contribution in [3.63, 3.8) is 0 Å². The topological polar surface area (TPSA) is 94.4 Å². The molecule has 2 heterocycles. The number of amides is 2. The zero-order valence-electron chi connectivity index (χ0n) is 15.0. The van der Waals surface area contributed by atoms with Gasteiger partial charge < -0.3 is 15.3 Å². The summed E-state index contributed by atoms with van der Waals surface area (Å²) < 4.78 is 0. The van der Waals surface area contributed by atoms with Gasteiger partial charge in [-0.3, -0.25) is 9.59 Å². The molecule has 7 heteroatoms. The molecular formula is C19H22N4O3. The number of phenolic OH excluding ortho intramolecular Hbond substituents is 1. The quantitative estimate of drug-likeness (QED) is 0.447. The molecule has 0 radical (unpaired) electrons. The number of nitrogens with zero attached hydrogens (tertiary/aromatic N) is 3. The molecule has 1 fully saturated rings. The van der Waals surface area contributed by atoms with Crippen molar-refractivity contribution in [3.05, 3.63) is 18.2 Å². The van der Waals surface area contributed by atoms with E-state index in [2.05, 4.69) is 21.5 Å². The molecule has 1 aromatic rings. The van der Waals surface area contributed by atoms with Gasteiger partial charge in [-0.05, 0) is 32.0 Å². The Kier molecular flexibility index (Phi) is 4.45. The highest BCUT2D eigenvalue weighted by Crippen LogP contribution is 2.41. The van der Waals surface area contributed by atoms with E-state index in [0.29, 0.717) is 37.2 Å². The molecule has 7 nitrogen and oxygen atoms in total. The van der Waals surface area contributed by atoms with E-state index in [1.807, 2.05) is 13.8 Å². The first kappa shape index (κ1) is 17.9. The molecule has 0 atom stereocenters. The highest BCUT2D eigenvalue weighted by atomic mass is 16.3. The molecule has 136 valence electrons. The Morgan fingerprint density at radius 1 is 1.38 bits per heavy atom. The average molecular weight is 354 g/mol. The molecule has 2 aliphatic rings. The number of β-lactam (4-membered cyclic amide) rings is 1. The fourth-order valence-electron chi connectivity index (χ4n) is 3.03. The van der Waals surface area contributed by atoms with Gasteiger partial charge in [-0.1, -0.05) is 0 Å². The van der Waals surface area contributed by atoms with Crippen LogP contribution in [-0.4, -0.2) is 29.1 Å². The van der Waals surface area contributed by atoms with Crippen LogP contribution in [0.25, 0.3) is 0 Å². The maximum Gasteiger partial charge on any atom is 0.234 e. The number of rotatable bonds is 7. The number of carbonyl (C=O) groups excluding carboxylic acids is 2.